The molecule has 5 heteroatoms. The van der Waals surface area contributed by atoms with E-state index in [9.17, 15) is 14.7 Å². The number of allylic oxidation sites excluding steroid dienone is 2. The normalized spacial score (nSPS) is 23.8. The average molecular weight is 305 g/mol. The van der Waals surface area contributed by atoms with Crippen molar-refractivity contribution in [2.75, 3.05) is 0 Å². The summed E-state index contributed by atoms with van der Waals surface area (Å²) in [6.45, 7) is 0.517. The van der Waals surface area contributed by atoms with Gasteiger partial charge in [0.25, 0.3) is 0 Å². The summed E-state index contributed by atoms with van der Waals surface area (Å²) in [7, 11) is 0. The summed E-state index contributed by atoms with van der Waals surface area (Å²) in [5.41, 5.74) is 1.42. The van der Waals surface area contributed by atoms with Crippen LogP contribution in [0.4, 0.5) is 0 Å². The molecule has 1 aromatic heterocycles. The van der Waals surface area contributed by atoms with Crippen molar-refractivity contribution in [3.8, 4) is 0 Å². The first-order chi connectivity index (χ1) is 10.1. The fraction of sp³-hybridized carbons (Fsp3) is 0.500. The van der Waals surface area contributed by atoms with Gasteiger partial charge in [-0.25, -0.2) is 0 Å². The largest absolute Gasteiger partial charge is 0.481 e. The van der Waals surface area contributed by atoms with E-state index in [4.69, 9.17) is 0 Å². The topological polar surface area (TPSA) is 66.4 Å². The molecule has 0 saturated carbocycles. The van der Waals surface area contributed by atoms with Gasteiger partial charge in [0.1, 0.15) is 0 Å². The van der Waals surface area contributed by atoms with E-state index in [1.54, 1.807) is 11.3 Å². The molecule has 0 aliphatic heterocycles. The molecular formula is C16H19NO3S. The molecule has 21 heavy (non-hydrogen) atoms. The number of aliphatic carboxylic acids is 1. The molecule has 1 aromatic rings. The molecule has 4 nitrogen and oxygen atoms in total. The van der Waals surface area contributed by atoms with Gasteiger partial charge in [-0.1, -0.05) is 12.2 Å². The van der Waals surface area contributed by atoms with Crippen LogP contribution >= 0.6 is 11.3 Å². The van der Waals surface area contributed by atoms with Crippen molar-refractivity contribution >= 4 is 23.2 Å². The Balaban J connectivity index is 1.60. The van der Waals surface area contributed by atoms with Crippen LogP contribution in [0.5, 0.6) is 0 Å². The number of rotatable bonds is 4. The number of hydrogen-bond acceptors (Lipinski definition) is 3. The van der Waals surface area contributed by atoms with Crippen molar-refractivity contribution < 1.29 is 14.7 Å². The lowest BCUT2D eigenvalue weighted by atomic mass is 9.82. The average Bonchev–Trinajstić information content (AvgIpc) is 3.05. The highest BCUT2D eigenvalue weighted by Crippen LogP contribution is 2.31. The van der Waals surface area contributed by atoms with Crippen LogP contribution in [0.2, 0.25) is 0 Å². The third kappa shape index (κ3) is 3.02. The zero-order chi connectivity index (χ0) is 14.8. The second-order valence-electron chi connectivity index (χ2n) is 5.73. The van der Waals surface area contributed by atoms with E-state index in [-0.39, 0.29) is 5.91 Å². The van der Waals surface area contributed by atoms with Crippen molar-refractivity contribution in [3.05, 3.63) is 33.5 Å². The lowest BCUT2D eigenvalue weighted by Crippen LogP contribution is -2.38. The summed E-state index contributed by atoms with van der Waals surface area (Å²) in [6.07, 6.45) is 8.26. The highest BCUT2D eigenvalue weighted by molar-refractivity contribution is 7.12. The lowest BCUT2D eigenvalue weighted by molar-refractivity contribution is -0.147. The van der Waals surface area contributed by atoms with E-state index in [0.29, 0.717) is 19.4 Å². The highest BCUT2D eigenvalue weighted by Gasteiger charge is 2.33. The van der Waals surface area contributed by atoms with Crippen molar-refractivity contribution in [2.45, 2.75) is 38.6 Å². The van der Waals surface area contributed by atoms with E-state index in [2.05, 4.69) is 11.4 Å². The summed E-state index contributed by atoms with van der Waals surface area (Å²) in [6, 6.07) is 2.18. The van der Waals surface area contributed by atoms with E-state index in [1.807, 2.05) is 12.2 Å². The first-order valence-corrected chi connectivity index (χ1v) is 8.23. The maximum absolute atomic E-state index is 12.3. The van der Waals surface area contributed by atoms with Crippen molar-refractivity contribution in [3.63, 3.8) is 0 Å². The van der Waals surface area contributed by atoms with Crippen LogP contribution in [0.3, 0.4) is 0 Å². The Hall–Kier alpha value is -1.62. The highest BCUT2D eigenvalue weighted by atomic mass is 32.1. The Bertz CT molecular complexity index is 569. The molecule has 112 valence electrons. The number of hydrogen-bond donors (Lipinski definition) is 2. The molecule has 2 N–H and O–H groups in total. The van der Waals surface area contributed by atoms with Gasteiger partial charge in [-0.2, -0.15) is 0 Å². The molecule has 2 aliphatic rings. The summed E-state index contributed by atoms with van der Waals surface area (Å²) in [4.78, 5) is 26.1. The number of carbonyl (C=O) groups excluding carboxylic acids is 1. The fourth-order valence-electron chi connectivity index (χ4n) is 3.16. The van der Waals surface area contributed by atoms with Gasteiger partial charge < -0.3 is 10.4 Å². The molecule has 2 unspecified atom stereocenters. The standard InChI is InChI=1S/C16H19NO3S/c18-15(12-5-1-2-6-13(12)16(19)20)17-9-11-8-10-4-3-7-14(10)21-11/h1-2,8,12-13H,3-7,9H2,(H,17,18)(H,19,20). The minimum absolute atomic E-state index is 0.139. The molecule has 0 saturated heterocycles. The van der Waals surface area contributed by atoms with E-state index in [0.717, 1.165) is 12.8 Å². The number of thiophene rings is 1. The maximum Gasteiger partial charge on any atom is 0.307 e. The minimum Gasteiger partial charge on any atom is -0.481 e. The van der Waals surface area contributed by atoms with Crippen LogP contribution in [-0.2, 0) is 29.0 Å². The van der Waals surface area contributed by atoms with Gasteiger partial charge in [0.15, 0.2) is 0 Å². The van der Waals surface area contributed by atoms with Crippen LogP contribution in [0.1, 0.15) is 34.6 Å². The van der Waals surface area contributed by atoms with Gasteiger partial charge in [-0.15, -0.1) is 11.3 Å². The van der Waals surface area contributed by atoms with Crippen LogP contribution in [0.15, 0.2) is 18.2 Å². The molecule has 0 radical (unpaired) electrons. The van der Waals surface area contributed by atoms with Crippen LogP contribution in [0, 0.1) is 11.8 Å². The van der Waals surface area contributed by atoms with Crippen LogP contribution < -0.4 is 5.32 Å². The Labute approximate surface area is 127 Å². The van der Waals surface area contributed by atoms with E-state index >= 15 is 0 Å². The second-order valence-corrected chi connectivity index (χ2v) is 6.95. The molecule has 0 bridgehead atoms. The predicted molar refractivity (Wildman–Crippen MR) is 81.2 cm³/mol. The van der Waals surface area contributed by atoms with Gasteiger partial charge in [0.2, 0.25) is 5.91 Å². The van der Waals surface area contributed by atoms with Gasteiger partial charge in [0.05, 0.1) is 18.4 Å². The molecule has 1 heterocycles. The number of carboxylic acid groups (broad SMARTS) is 1. The lowest BCUT2D eigenvalue weighted by Gasteiger charge is -2.24. The fourth-order valence-corrected chi connectivity index (χ4v) is 4.36. The number of nitrogens with one attached hydrogen (secondary N) is 1. The van der Waals surface area contributed by atoms with E-state index < -0.39 is 17.8 Å². The Morgan fingerprint density at radius 2 is 2.00 bits per heavy atom. The molecule has 1 amide bonds. The summed E-state index contributed by atoms with van der Waals surface area (Å²) < 4.78 is 0. The molecule has 0 fully saturated rings. The van der Waals surface area contributed by atoms with Gasteiger partial charge in [-0.3, -0.25) is 9.59 Å². The number of amides is 1. The van der Waals surface area contributed by atoms with Gasteiger partial charge in [-0.05, 0) is 43.7 Å². The molecule has 3 rings (SSSR count). The second kappa shape index (κ2) is 6.02. The smallest absolute Gasteiger partial charge is 0.307 e. The first-order valence-electron chi connectivity index (χ1n) is 7.41. The van der Waals surface area contributed by atoms with Gasteiger partial charge in [0, 0.05) is 9.75 Å². The number of carboxylic acids is 1. The van der Waals surface area contributed by atoms with E-state index in [1.165, 1.54) is 21.7 Å². The Morgan fingerprint density at radius 1 is 1.24 bits per heavy atom. The molecule has 0 aromatic carbocycles. The summed E-state index contributed by atoms with van der Waals surface area (Å²) in [5, 5.41) is 12.1. The van der Waals surface area contributed by atoms with Crippen molar-refractivity contribution in [1.82, 2.24) is 5.32 Å². The molecule has 0 spiro atoms. The SMILES string of the molecule is O=C(O)C1CC=CCC1C(=O)NCc1cc2c(s1)CCC2. The monoisotopic (exact) mass is 305 g/mol. The Morgan fingerprint density at radius 3 is 2.71 bits per heavy atom. The van der Waals surface area contributed by atoms with Crippen molar-refractivity contribution in [1.29, 1.82) is 0 Å². The quantitative estimate of drug-likeness (QED) is 0.840. The van der Waals surface area contributed by atoms with Crippen LogP contribution in [-0.4, -0.2) is 17.0 Å². The van der Waals surface area contributed by atoms with Crippen molar-refractivity contribution in [2.24, 2.45) is 11.8 Å². The maximum atomic E-state index is 12.3. The summed E-state index contributed by atoms with van der Waals surface area (Å²) in [5.74, 6) is -2.06. The zero-order valence-electron chi connectivity index (χ0n) is 11.8. The molecule has 2 atom stereocenters. The van der Waals surface area contributed by atoms with Crippen LogP contribution in [0.25, 0.3) is 0 Å². The minimum atomic E-state index is -0.880. The number of fused-ring (bicyclic) bond motifs is 1. The number of aryl methyl sites for hydroxylation is 2. The Kier molecular flexibility index (Phi) is 4.10. The van der Waals surface area contributed by atoms with Gasteiger partial charge >= 0.3 is 5.97 Å². The third-order valence-electron chi connectivity index (χ3n) is 4.32. The molecule has 2 aliphatic carbocycles. The first kappa shape index (κ1) is 14.3. The number of carbonyl (C=O) groups is 2. The third-order valence-corrected chi connectivity index (χ3v) is 5.56. The molecular weight excluding hydrogens is 286 g/mol. The predicted octanol–water partition coefficient (Wildman–Crippen LogP) is 2.52. The summed E-state index contributed by atoms with van der Waals surface area (Å²) >= 11 is 1.77. The zero-order valence-corrected chi connectivity index (χ0v) is 12.6.